The highest BCUT2D eigenvalue weighted by Gasteiger charge is 2.34. The van der Waals surface area contributed by atoms with Crippen LogP contribution in [-0.4, -0.2) is 37.4 Å². The molecular formula is C24H17N5O6S. The van der Waals surface area contributed by atoms with Gasteiger partial charge in [-0.05, 0) is 48.0 Å². The number of furan rings is 1. The number of fused-ring (bicyclic) bond motifs is 1. The Hall–Kier alpha value is -4.71. The van der Waals surface area contributed by atoms with E-state index in [9.17, 15) is 25.0 Å². The van der Waals surface area contributed by atoms with E-state index in [0.717, 1.165) is 28.2 Å². The van der Waals surface area contributed by atoms with Crippen LogP contribution >= 0.6 is 11.8 Å². The smallest absolute Gasteiger partial charge is 0.401 e. The number of rotatable bonds is 7. The number of amides is 1. The molecule has 0 radical (unpaired) electrons. The number of nitro benzene ring substituents is 1. The molecule has 36 heavy (non-hydrogen) atoms. The third kappa shape index (κ3) is 4.61. The summed E-state index contributed by atoms with van der Waals surface area (Å²) in [4.78, 5) is 43.6. The van der Waals surface area contributed by atoms with Crippen LogP contribution in [0.15, 0.2) is 81.2 Å². The molecule has 5 rings (SSSR count). The number of nitrogens with one attached hydrogen (secondary N) is 1. The van der Waals surface area contributed by atoms with Crippen LogP contribution < -0.4 is 0 Å². The van der Waals surface area contributed by atoms with Crippen molar-refractivity contribution in [2.75, 3.05) is 6.54 Å². The van der Waals surface area contributed by atoms with E-state index in [1.807, 2.05) is 30.5 Å². The van der Waals surface area contributed by atoms with Gasteiger partial charge in [0, 0.05) is 41.9 Å². The van der Waals surface area contributed by atoms with Crippen LogP contribution in [0.1, 0.15) is 11.3 Å². The first-order chi connectivity index (χ1) is 17.4. The minimum absolute atomic E-state index is 0.0645. The van der Waals surface area contributed by atoms with Crippen LogP contribution in [0.3, 0.4) is 0 Å². The molecule has 0 atom stereocenters. The van der Waals surface area contributed by atoms with Crippen molar-refractivity contribution >= 4 is 57.1 Å². The number of hydrogen-bond acceptors (Lipinski definition) is 8. The van der Waals surface area contributed by atoms with E-state index in [0.29, 0.717) is 28.7 Å². The first kappa shape index (κ1) is 23.1. The lowest BCUT2D eigenvalue weighted by Crippen LogP contribution is -2.31. The van der Waals surface area contributed by atoms with E-state index in [2.05, 4.69) is 9.98 Å². The number of hydrogen-bond donors (Lipinski definition) is 1. The standard InChI is InChI=1S/C24H17N5O6S/c30-23-21(13-18-9-10-22(35-18)29(33)34)36-24(26-16-5-7-17(8-6-16)28(31)32)27(23)12-11-15-14-25-20-4-2-1-3-19(15)20/h1-10,13-14,25H,11-12H2/b21-13-,26-24?. The number of non-ortho nitro benzene ring substituents is 1. The Kier molecular flexibility index (Phi) is 6.09. The highest BCUT2D eigenvalue weighted by Crippen LogP contribution is 2.35. The second-order valence-electron chi connectivity index (χ2n) is 7.78. The Morgan fingerprint density at radius 3 is 2.53 bits per heavy atom. The topological polar surface area (TPSA) is 148 Å². The summed E-state index contributed by atoms with van der Waals surface area (Å²) in [5.74, 6) is -0.571. The van der Waals surface area contributed by atoms with Gasteiger partial charge in [0.1, 0.15) is 10.7 Å². The summed E-state index contributed by atoms with van der Waals surface area (Å²) < 4.78 is 5.18. The molecule has 1 amide bonds. The fourth-order valence-corrected chi connectivity index (χ4v) is 4.77. The summed E-state index contributed by atoms with van der Waals surface area (Å²) in [6.45, 7) is 0.329. The maximum Gasteiger partial charge on any atom is 0.433 e. The molecule has 1 saturated heterocycles. The van der Waals surface area contributed by atoms with Gasteiger partial charge < -0.3 is 9.40 Å². The van der Waals surface area contributed by atoms with Gasteiger partial charge in [-0.15, -0.1) is 0 Å². The number of carbonyl (C=O) groups excluding carboxylic acids is 1. The molecule has 2 aromatic carbocycles. The normalized spacial score (nSPS) is 15.9. The third-order valence-corrected chi connectivity index (χ3v) is 6.53. The average Bonchev–Trinajstić information content (AvgIpc) is 3.57. The number of nitrogens with zero attached hydrogens (tertiary/aromatic N) is 4. The molecule has 0 spiro atoms. The summed E-state index contributed by atoms with van der Waals surface area (Å²) in [7, 11) is 0. The molecule has 180 valence electrons. The van der Waals surface area contributed by atoms with Crippen molar-refractivity contribution in [3.8, 4) is 0 Å². The molecule has 1 N–H and O–H groups in total. The third-order valence-electron chi connectivity index (χ3n) is 5.52. The van der Waals surface area contributed by atoms with Gasteiger partial charge in [0.2, 0.25) is 0 Å². The SMILES string of the molecule is O=C1/C(=C/c2ccc([N+](=O)[O-])o2)SC(=Nc2ccc([N+](=O)[O-])cc2)N1CCc1c[nH]c2ccccc12. The molecule has 3 heterocycles. The summed E-state index contributed by atoms with van der Waals surface area (Å²) in [5.41, 5.74) is 2.42. The lowest BCUT2D eigenvalue weighted by Gasteiger charge is -2.15. The molecule has 4 aromatic rings. The Morgan fingerprint density at radius 1 is 1.03 bits per heavy atom. The van der Waals surface area contributed by atoms with Crippen molar-refractivity contribution in [1.29, 1.82) is 0 Å². The van der Waals surface area contributed by atoms with Gasteiger partial charge >= 0.3 is 5.88 Å². The molecule has 11 nitrogen and oxygen atoms in total. The Morgan fingerprint density at radius 2 is 1.81 bits per heavy atom. The second-order valence-corrected chi connectivity index (χ2v) is 8.79. The van der Waals surface area contributed by atoms with Crippen molar-refractivity contribution in [2.45, 2.75) is 6.42 Å². The molecule has 12 heteroatoms. The summed E-state index contributed by atoms with van der Waals surface area (Å²) in [6, 6.07) is 16.2. The highest BCUT2D eigenvalue weighted by atomic mass is 32.2. The van der Waals surface area contributed by atoms with Crippen LogP contribution in [0.5, 0.6) is 0 Å². The van der Waals surface area contributed by atoms with E-state index in [1.165, 1.54) is 47.4 Å². The fourth-order valence-electron chi connectivity index (χ4n) is 3.77. The molecule has 1 fully saturated rings. The summed E-state index contributed by atoms with van der Waals surface area (Å²) >= 11 is 1.10. The lowest BCUT2D eigenvalue weighted by atomic mass is 10.1. The van der Waals surface area contributed by atoms with Crippen LogP contribution in [0, 0.1) is 20.2 Å². The van der Waals surface area contributed by atoms with Gasteiger partial charge in [-0.1, -0.05) is 18.2 Å². The molecule has 0 aliphatic carbocycles. The van der Waals surface area contributed by atoms with Crippen LogP contribution in [-0.2, 0) is 11.2 Å². The average molecular weight is 503 g/mol. The van der Waals surface area contributed by atoms with Gasteiger partial charge in [-0.3, -0.25) is 29.9 Å². The molecule has 0 unspecified atom stereocenters. The maximum absolute atomic E-state index is 13.3. The van der Waals surface area contributed by atoms with Crippen LogP contribution in [0.25, 0.3) is 17.0 Å². The van der Waals surface area contributed by atoms with E-state index < -0.39 is 15.7 Å². The monoisotopic (exact) mass is 503 g/mol. The number of para-hydroxylation sites is 1. The number of carbonyl (C=O) groups is 1. The predicted octanol–water partition coefficient (Wildman–Crippen LogP) is 5.42. The van der Waals surface area contributed by atoms with Gasteiger partial charge in [0.25, 0.3) is 11.6 Å². The van der Waals surface area contributed by atoms with Crippen molar-refractivity contribution < 1.29 is 19.1 Å². The van der Waals surface area contributed by atoms with Crippen molar-refractivity contribution in [2.24, 2.45) is 4.99 Å². The minimum Gasteiger partial charge on any atom is -0.401 e. The quantitative estimate of drug-likeness (QED) is 0.201. The number of aromatic nitrogens is 1. The van der Waals surface area contributed by atoms with E-state index in [4.69, 9.17) is 4.42 Å². The van der Waals surface area contributed by atoms with Crippen LogP contribution in [0.2, 0.25) is 0 Å². The van der Waals surface area contributed by atoms with Gasteiger partial charge in [-0.2, -0.15) is 0 Å². The molecular weight excluding hydrogens is 486 g/mol. The molecule has 1 aliphatic heterocycles. The summed E-state index contributed by atoms with van der Waals surface area (Å²) in [6.07, 6.45) is 3.90. The number of benzene rings is 2. The second kappa shape index (κ2) is 9.50. The van der Waals surface area contributed by atoms with Crippen molar-refractivity contribution in [3.63, 3.8) is 0 Å². The van der Waals surface area contributed by atoms with Gasteiger partial charge in [0.05, 0.1) is 21.6 Å². The molecule has 0 bridgehead atoms. The zero-order valence-corrected chi connectivity index (χ0v) is 19.3. The highest BCUT2D eigenvalue weighted by molar-refractivity contribution is 8.18. The van der Waals surface area contributed by atoms with Crippen LogP contribution in [0.4, 0.5) is 17.3 Å². The number of aliphatic imine (C=N–C) groups is 1. The van der Waals surface area contributed by atoms with E-state index >= 15 is 0 Å². The summed E-state index contributed by atoms with van der Waals surface area (Å²) in [5, 5.41) is 23.3. The van der Waals surface area contributed by atoms with Gasteiger partial charge in [0.15, 0.2) is 5.17 Å². The number of amidine groups is 1. The number of nitro groups is 2. The number of thioether (sulfide) groups is 1. The predicted molar refractivity (Wildman–Crippen MR) is 135 cm³/mol. The zero-order valence-electron chi connectivity index (χ0n) is 18.5. The lowest BCUT2D eigenvalue weighted by molar-refractivity contribution is -0.402. The van der Waals surface area contributed by atoms with Gasteiger partial charge in [-0.25, -0.2) is 4.99 Å². The first-order valence-electron chi connectivity index (χ1n) is 10.7. The Bertz CT molecular complexity index is 1550. The van der Waals surface area contributed by atoms with E-state index in [1.54, 1.807) is 0 Å². The zero-order chi connectivity index (χ0) is 25.2. The Labute approximate surface area is 207 Å². The number of H-pyrrole nitrogens is 1. The largest absolute Gasteiger partial charge is 0.433 e. The van der Waals surface area contributed by atoms with Crippen molar-refractivity contribution in [3.05, 3.63) is 103 Å². The van der Waals surface area contributed by atoms with Crippen molar-refractivity contribution in [1.82, 2.24) is 9.88 Å². The first-order valence-corrected chi connectivity index (χ1v) is 11.5. The minimum atomic E-state index is -0.652. The Balaban J connectivity index is 1.45. The number of aromatic amines is 1. The molecule has 2 aromatic heterocycles. The molecule has 1 aliphatic rings. The molecule has 0 saturated carbocycles. The maximum atomic E-state index is 13.3. The fraction of sp³-hybridized carbons (Fsp3) is 0.0833. The van der Waals surface area contributed by atoms with E-state index in [-0.39, 0.29) is 17.4 Å².